The molecule has 1 saturated carbocycles. The van der Waals surface area contributed by atoms with E-state index in [0.717, 1.165) is 25.8 Å². The predicted octanol–water partition coefficient (Wildman–Crippen LogP) is 0.875. The van der Waals surface area contributed by atoms with E-state index in [2.05, 4.69) is 10.3 Å². The molecule has 2 unspecified atom stereocenters. The quantitative estimate of drug-likeness (QED) is 0.403. The lowest BCUT2D eigenvalue weighted by Gasteiger charge is -2.27. The molecule has 78 valence electrons. The van der Waals surface area contributed by atoms with Crippen LogP contribution in [0.1, 0.15) is 25.7 Å². The van der Waals surface area contributed by atoms with E-state index in [1.807, 2.05) is 0 Å². The topological polar surface area (TPSA) is 58.5 Å². The van der Waals surface area contributed by atoms with Crippen molar-refractivity contribution in [3.05, 3.63) is 0 Å². The Kier molecular flexibility index (Phi) is 4.94. The zero-order valence-corrected chi connectivity index (χ0v) is 8.24. The highest BCUT2D eigenvalue weighted by Gasteiger charge is 2.21. The Labute approximate surface area is 83.8 Å². The summed E-state index contributed by atoms with van der Waals surface area (Å²) >= 11 is 0. The van der Waals surface area contributed by atoms with Crippen LogP contribution in [-0.2, 0) is 9.59 Å². The molecule has 2 atom stereocenters. The zero-order valence-electron chi connectivity index (χ0n) is 8.24. The molecule has 1 rings (SSSR count). The van der Waals surface area contributed by atoms with Crippen LogP contribution >= 0.6 is 0 Å². The van der Waals surface area contributed by atoms with Gasteiger partial charge in [0.05, 0.1) is 6.54 Å². The van der Waals surface area contributed by atoms with Gasteiger partial charge < -0.3 is 5.32 Å². The maximum atomic E-state index is 10.1. The number of nitrogens with one attached hydrogen (secondary N) is 1. The molecule has 4 heteroatoms. The van der Waals surface area contributed by atoms with Crippen molar-refractivity contribution in [2.24, 2.45) is 16.8 Å². The first-order valence-corrected chi connectivity index (χ1v) is 5.07. The molecule has 1 amide bonds. The molecule has 0 bridgehead atoms. The Morgan fingerprint density at radius 1 is 1.43 bits per heavy atom. The average Bonchev–Trinajstić information content (AvgIpc) is 2.24. The van der Waals surface area contributed by atoms with Gasteiger partial charge in [-0.25, -0.2) is 9.79 Å². The third-order valence-electron chi connectivity index (χ3n) is 2.80. The van der Waals surface area contributed by atoms with Gasteiger partial charge in [-0.3, -0.25) is 4.79 Å². The number of nitrogens with zero attached hydrogens (tertiary/aromatic N) is 1. The van der Waals surface area contributed by atoms with Crippen molar-refractivity contribution >= 4 is 12.5 Å². The third kappa shape index (κ3) is 3.71. The Morgan fingerprint density at radius 3 is 2.93 bits per heavy atom. The van der Waals surface area contributed by atoms with Crippen molar-refractivity contribution < 1.29 is 9.59 Å². The molecular formula is C10H16N2O2. The monoisotopic (exact) mass is 196 g/mol. The molecule has 0 heterocycles. The molecule has 1 fully saturated rings. The summed E-state index contributed by atoms with van der Waals surface area (Å²) in [6.45, 7) is 1.35. The van der Waals surface area contributed by atoms with Crippen molar-refractivity contribution in [3.8, 4) is 0 Å². The van der Waals surface area contributed by atoms with Crippen LogP contribution < -0.4 is 5.32 Å². The van der Waals surface area contributed by atoms with Gasteiger partial charge in [0.25, 0.3) is 0 Å². The number of aliphatic imine (C=N–C) groups is 1. The molecular weight excluding hydrogens is 180 g/mol. The van der Waals surface area contributed by atoms with Gasteiger partial charge in [-0.05, 0) is 31.1 Å². The van der Waals surface area contributed by atoms with Crippen molar-refractivity contribution in [2.75, 3.05) is 13.1 Å². The molecule has 0 spiro atoms. The SMILES string of the molecule is O=C=NCC1CCCC(CNC=O)C1. The van der Waals surface area contributed by atoms with E-state index in [1.54, 1.807) is 6.08 Å². The number of hydrogen-bond acceptors (Lipinski definition) is 3. The third-order valence-corrected chi connectivity index (χ3v) is 2.80. The molecule has 1 N–H and O–H groups in total. The van der Waals surface area contributed by atoms with Crippen LogP contribution in [-0.4, -0.2) is 25.6 Å². The zero-order chi connectivity index (χ0) is 10.2. The fourth-order valence-electron chi connectivity index (χ4n) is 2.13. The Morgan fingerprint density at radius 2 is 2.21 bits per heavy atom. The summed E-state index contributed by atoms with van der Waals surface area (Å²) in [6, 6.07) is 0. The summed E-state index contributed by atoms with van der Waals surface area (Å²) in [4.78, 5) is 23.7. The number of rotatable bonds is 5. The van der Waals surface area contributed by atoms with E-state index < -0.39 is 0 Å². The summed E-state index contributed by atoms with van der Waals surface area (Å²) in [5.74, 6) is 1.06. The average molecular weight is 196 g/mol. The largest absolute Gasteiger partial charge is 0.358 e. The van der Waals surface area contributed by atoms with Crippen LogP contribution in [0.25, 0.3) is 0 Å². The van der Waals surface area contributed by atoms with Crippen LogP contribution in [0.15, 0.2) is 4.99 Å². The number of isocyanates is 1. The number of carbonyl (C=O) groups is 1. The van der Waals surface area contributed by atoms with Gasteiger partial charge in [0.2, 0.25) is 12.5 Å². The highest BCUT2D eigenvalue weighted by Crippen LogP contribution is 2.28. The molecule has 0 radical (unpaired) electrons. The lowest BCUT2D eigenvalue weighted by Crippen LogP contribution is -2.27. The summed E-state index contributed by atoms with van der Waals surface area (Å²) in [5.41, 5.74) is 0. The number of hydrogen-bond donors (Lipinski definition) is 1. The Hall–Kier alpha value is -1.15. The number of amides is 1. The van der Waals surface area contributed by atoms with Gasteiger partial charge in [0, 0.05) is 6.54 Å². The molecule has 0 aromatic rings. The fraction of sp³-hybridized carbons (Fsp3) is 0.800. The molecule has 0 aromatic heterocycles. The number of carbonyl (C=O) groups excluding carboxylic acids is 2. The molecule has 1 aliphatic rings. The van der Waals surface area contributed by atoms with Gasteiger partial charge in [0.1, 0.15) is 0 Å². The predicted molar refractivity (Wildman–Crippen MR) is 52.5 cm³/mol. The Balaban J connectivity index is 2.27. The first-order valence-electron chi connectivity index (χ1n) is 5.07. The van der Waals surface area contributed by atoms with Gasteiger partial charge in [0.15, 0.2) is 0 Å². The van der Waals surface area contributed by atoms with E-state index >= 15 is 0 Å². The summed E-state index contributed by atoms with van der Waals surface area (Å²) in [6.07, 6.45) is 6.86. The van der Waals surface area contributed by atoms with Crippen molar-refractivity contribution in [3.63, 3.8) is 0 Å². The van der Waals surface area contributed by atoms with Crippen LogP contribution in [0.3, 0.4) is 0 Å². The van der Waals surface area contributed by atoms with Crippen LogP contribution in [0.4, 0.5) is 0 Å². The second kappa shape index (κ2) is 6.33. The van der Waals surface area contributed by atoms with Gasteiger partial charge in [-0.2, -0.15) is 0 Å². The van der Waals surface area contributed by atoms with E-state index in [9.17, 15) is 9.59 Å². The summed E-state index contributed by atoms with van der Waals surface area (Å²) in [5, 5.41) is 2.71. The highest BCUT2D eigenvalue weighted by atomic mass is 16.1. The van der Waals surface area contributed by atoms with Gasteiger partial charge in [-0.1, -0.05) is 6.42 Å². The van der Waals surface area contributed by atoms with Crippen LogP contribution in [0.2, 0.25) is 0 Å². The molecule has 0 aliphatic heterocycles. The minimum Gasteiger partial charge on any atom is -0.358 e. The Bertz CT molecular complexity index is 224. The van der Waals surface area contributed by atoms with Gasteiger partial charge >= 0.3 is 0 Å². The van der Waals surface area contributed by atoms with E-state index in [-0.39, 0.29) is 0 Å². The lowest BCUT2D eigenvalue weighted by molar-refractivity contribution is -0.109. The van der Waals surface area contributed by atoms with E-state index in [1.165, 1.54) is 12.8 Å². The minimum absolute atomic E-state index is 0.503. The van der Waals surface area contributed by atoms with Gasteiger partial charge in [-0.15, -0.1) is 0 Å². The summed E-state index contributed by atoms with van der Waals surface area (Å²) in [7, 11) is 0. The van der Waals surface area contributed by atoms with Crippen LogP contribution in [0.5, 0.6) is 0 Å². The maximum absolute atomic E-state index is 10.1. The van der Waals surface area contributed by atoms with E-state index in [4.69, 9.17) is 0 Å². The minimum atomic E-state index is 0.503. The highest BCUT2D eigenvalue weighted by molar-refractivity contribution is 5.45. The van der Waals surface area contributed by atoms with E-state index in [0.29, 0.717) is 18.4 Å². The standard InChI is InChI=1S/C10H16N2O2/c13-7-11-5-9-2-1-3-10(4-9)6-12-8-14/h7,9-10H,1-6H2,(H,11,13). The molecule has 14 heavy (non-hydrogen) atoms. The normalized spacial score (nSPS) is 26.3. The van der Waals surface area contributed by atoms with Crippen LogP contribution in [0, 0.1) is 11.8 Å². The first kappa shape index (κ1) is 10.9. The fourth-order valence-corrected chi connectivity index (χ4v) is 2.13. The summed E-state index contributed by atoms with van der Waals surface area (Å²) < 4.78 is 0. The molecule has 0 saturated heterocycles. The molecule has 1 aliphatic carbocycles. The second-order valence-electron chi connectivity index (χ2n) is 3.86. The smallest absolute Gasteiger partial charge is 0.234 e. The molecule has 4 nitrogen and oxygen atoms in total. The molecule has 0 aromatic carbocycles. The maximum Gasteiger partial charge on any atom is 0.234 e. The second-order valence-corrected chi connectivity index (χ2v) is 3.86. The van der Waals surface area contributed by atoms with Crippen molar-refractivity contribution in [2.45, 2.75) is 25.7 Å². The van der Waals surface area contributed by atoms with Crippen molar-refractivity contribution in [1.29, 1.82) is 0 Å². The van der Waals surface area contributed by atoms with Crippen molar-refractivity contribution in [1.82, 2.24) is 5.32 Å². The first-order chi connectivity index (χ1) is 6.86. The lowest BCUT2D eigenvalue weighted by atomic mass is 9.81.